The van der Waals surface area contributed by atoms with E-state index in [1.54, 1.807) is 24.4 Å². The Balaban J connectivity index is 0.00000242. The molecule has 7 heteroatoms. The van der Waals surface area contributed by atoms with E-state index in [9.17, 15) is 10.1 Å². The number of pyridine rings is 1. The molecule has 1 N–H and O–H groups in total. The van der Waals surface area contributed by atoms with Gasteiger partial charge in [-0.2, -0.15) is 0 Å². The quantitative estimate of drug-likeness (QED) is 0.569. The number of nitro benzene ring substituents is 1. The first-order valence-electron chi connectivity index (χ1n) is 7.15. The molecule has 0 radical (unpaired) electrons. The fraction of sp³-hybridized carbons (Fsp3) is 0.400. The van der Waals surface area contributed by atoms with Crippen molar-refractivity contribution < 1.29 is 17.3 Å². The minimum atomic E-state index is -0.371. The Hall–Kier alpha value is -1.92. The van der Waals surface area contributed by atoms with Crippen molar-refractivity contribution in [1.82, 2.24) is 9.88 Å². The van der Waals surface area contributed by atoms with Crippen LogP contribution in [0.25, 0.3) is 10.9 Å². The maximum Gasteiger partial charge on any atom is 0.278 e. The van der Waals surface area contributed by atoms with Crippen molar-refractivity contribution in [3.8, 4) is 0 Å². The maximum absolute atomic E-state index is 11.1. The molecule has 0 aliphatic carbocycles. The van der Waals surface area contributed by atoms with Crippen molar-refractivity contribution in [2.24, 2.45) is 0 Å². The molecule has 0 fully saturated rings. The summed E-state index contributed by atoms with van der Waals surface area (Å²) in [5.74, 6) is 0. The molecular formula is C15H20ClN4O2-. The monoisotopic (exact) mass is 323 g/mol. The van der Waals surface area contributed by atoms with Crippen LogP contribution in [0.5, 0.6) is 0 Å². The molecule has 0 aliphatic rings. The van der Waals surface area contributed by atoms with Gasteiger partial charge in [0.15, 0.2) is 0 Å². The SMILES string of the molecule is CCN(CC)CCNc1ccc([N+](=O)[O-])c2cccnc12.[Cl-]. The first kappa shape index (κ1) is 18.1. The highest BCUT2D eigenvalue weighted by atomic mass is 35.5. The molecule has 1 heterocycles. The summed E-state index contributed by atoms with van der Waals surface area (Å²) in [5.41, 5.74) is 1.57. The van der Waals surface area contributed by atoms with Crippen molar-refractivity contribution in [1.29, 1.82) is 0 Å². The molecule has 22 heavy (non-hydrogen) atoms. The lowest BCUT2D eigenvalue weighted by molar-refractivity contribution is -0.383. The second-order valence-electron chi connectivity index (χ2n) is 4.74. The number of fused-ring (bicyclic) bond motifs is 1. The van der Waals surface area contributed by atoms with Gasteiger partial charge in [0.1, 0.15) is 5.52 Å². The summed E-state index contributed by atoms with van der Waals surface area (Å²) in [6, 6.07) is 6.71. The van der Waals surface area contributed by atoms with Gasteiger partial charge >= 0.3 is 0 Å². The molecule has 0 saturated heterocycles. The summed E-state index contributed by atoms with van der Waals surface area (Å²) in [5, 5.41) is 14.9. The van der Waals surface area contributed by atoms with E-state index in [-0.39, 0.29) is 23.0 Å². The van der Waals surface area contributed by atoms with E-state index < -0.39 is 0 Å². The molecule has 1 aromatic carbocycles. The number of nitro groups is 1. The lowest BCUT2D eigenvalue weighted by Gasteiger charge is -2.18. The standard InChI is InChI=1S/C15H20N4O2.ClH/c1-3-18(4-2)11-10-16-13-7-8-14(19(20)21)12-6-5-9-17-15(12)13;/h5-9,16H,3-4,10-11H2,1-2H3;1H/p-1. The number of aromatic nitrogens is 1. The normalized spacial score (nSPS) is 10.5. The summed E-state index contributed by atoms with van der Waals surface area (Å²) in [4.78, 5) is 17.3. The van der Waals surface area contributed by atoms with Gasteiger partial charge in [-0.15, -0.1) is 0 Å². The number of anilines is 1. The van der Waals surface area contributed by atoms with Crippen LogP contribution in [0, 0.1) is 10.1 Å². The predicted molar refractivity (Wildman–Crippen MR) is 84.7 cm³/mol. The number of rotatable bonds is 7. The van der Waals surface area contributed by atoms with Gasteiger partial charge in [0.05, 0.1) is 16.0 Å². The molecule has 0 atom stereocenters. The second-order valence-corrected chi connectivity index (χ2v) is 4.74. The van der Waals surface area contributed by atoms with Crippen LogP contribution in [0.1, 0.15) is 13.8 Å². The predicted octanol–water partition coefficient (Wildman–Crippen LogP) is -0.0993. The van der Waals surface area contributed by atoms with Gasteiger partial charge in [-0.1, -0.05) is 13.8 Å². The van der Waals surface area contributed by atoms with E-state index in [0.29, 0.717) is 10.9 Å². The van der Waals surface area contributed by atoms with E-state index in [4.69, 9.17) is 0 Å². The summed E-state index contributed by atoms with van der Waals surface area (Å²) in [7, 11) is 0. The van der Waals surface area contributed by atoms with Crippen LogP contribution >= 0.6 is 0 Å². The van der Waals surface area contributed by atoms with Crippen molar-refractivity contribution in [3.05, 3.63) is 40.6 Å². The van der Waals surface area contributed by atoms with Crippen molar-refractivity contribution in [2.45, 2.75) is 13.8 Å². The van der Waals surface area contributed by atoms with Crippen molar-refractivity contribution in [2.75, 3.05) is 31.5 Å². The molecular weight excluding hydrogens is 304 g/mol. The number of benzene rings is 1. The van der Waals surface area contributed by atoms with E-state index in [1.165, 1.54) is 6.07 Å². The van der Waals surface area contributed by atoms with Crippen LogP contribution in [0.15, 0.2) is 30.5 Å². The zero-order valence-corrected chi connectivity index (χ0v) is 13.5. The topological polar surface area (TPSA) is 71.3 Å². The lowest BCUT2D eigenvalue weighted by Crippen LogP contribution is -3.00. The first-order valence-corrected chi connectivity index (χ1v) is 7.15. The lowest BCUT2D eigenvalue weighted by atomic mass is 10.1. The second kappa shape index (κ2) is 8.51. The molecule has 0 amide bonds. The fourth-order valence-electron chi connectivity index (χ4n) is 2.35. The maximum atomic E-state index is 11.1. The smallest absolute Gasteiger partial charge is 0.278 e. The van der Waals surface area contributed by atoms with E-state index in [0.717, 1.165) is 31.9 Å². The van der Waals surface area contributed by atoms with Gasteiger partial charge in [0.25, 0.3) is 5.69 Å². The van der Waals surface area contributed by atoms with E-state index in [1.807, 2.05) is 0 Å². The summed E-state index contributed by atoms with van der Waals surface area (Å²) >= 11 is 0. The van der Waals surface area contributed by atoms with Crippen LogP contribution in [0.2, 0.25) is 0 Å². The highest BCUT2D eigenvalue weighted by molar-refractivity contribution is 5.96. The Kier molecular flexibility index (Phi) is 7.01. The average Bonchev–Trinajstić information content (AvgIpc) is 2.51. The molecule has 120 valence electrons. The van der Waals surface area contributed by atoms with Gasteiger partial charge in [0.2, 0.25) is 0 Å². The van der Waals surface area contributed by atoms with Crippen LogP contribution in [-0.2, 0) is 0 Å². The van der Waals surface area contributed by atoms with Gasteiger partial charge in [0, 0.05) is 25.4 Å². The van der Waals surface area contributed by atoms with Gasteiger partial charge < -0.3 is 22.6 Å². The van der Waals surface area contributed by atoms with Crippen molar-refractivity contribution >= 4 is 22.3 Å². The first-order chi connectivity index (χ1) is 10.2. The van der Waals surface area contributed by atoms with Crippen LogP contribution < -0.4 is 17.7 Å². The average molecular weight is 324 g/mol. The third-order valence-corrected chi connectivity index (χ3v) is 3.58. The Bertz CT molecular complexity index is 632. The zero-order chi connectivity index (χ0) is 15.2. The van der Waals surface area contributed by atoms with E-state index >= 15 is 0 Å². The largest absolute Gasteiger partial charge is 1.00 e. The van der Waals surface area contributed by atoms with Gasteiger partial charge in [-0.25, -0.2) is 0 Å². The number of halogens is 1. The summed E-state index contributed by atoms with van der Waals surface area (Å²) < 4.78 is 0. The number of nitrogens with one attached hydrogen (secondary N) is 1. The fourth-order valence-corrected chi connectivity index (χ4v) is 2.35. The third kappa shape index (κ3) is 4.05. The van der Waals surface area contributed by atoms with Crippen LogP contribution in [0.3, 0.4) is 0 Å². The molecule has 0 spiro atoms. The van der Waals surface area contributed by atoms with Crippen LogP contribution in [0.4, 0.5) is 11.4 Å². The number of hydrogen-bond donors (Lipinski definition) is 1. The molecule has 2 aromatic rings. The van der Waals surface area contributed by atoms with Crippen molar-refractivity contribution in [3.63, 3.8) is 0 Å². The summed E-state index contributed by atoms with van der Waals surface area (Å²) in [6.45, 7) is 8.00. The number of hydrogen-bond acceptors (Lipinski definition) is 5. The highest BCUT2D eigenvalue weighted by Crippen LogP contribution is 2.29. The third-order valence-electron chi connectivity index (χ3n) is 3.58. The Morgan fingerprint density at radius 2 is 2.00 bits per heavy atom. The number of non-ortho nitro benzene ring substituents is 1. The highest BCUT2D eigenvalue weighted by Gasteiger charge is 2.14. The Labute approximate surface area is 136 Å². The zero-order valence-electron chi connectivity index (χ0n) is 12.8. The molecule has 2 rings (SSSR count). The van der Waals surface area contributed by atoms with Gasteiger partial charge in [-0.05, 0) is 31.3 Å². The van der Waals surface area contributed by atoms with E-state index in [2.05, 4.69) is 29.0 Å². The molecule has 0 unspecified atom stereocenters. The van der Waals surface area contributed by atoms with Crippen LogP contribution in [-0.4, -0.2) is 41.0 Å². The number of nitrogens with zero attached hydrogens (tertiary/aromatic N) is 3. The number of likely N-dealkylation sites (N-methyl/N-ethyl adjacent to an activating group) is 1. The Morgan fingerprint density at radius 3 is 2.64 bits per heavy atom. The minimum Gasteiger partial charge on any atom is -1.00 e. The minimum absolute atomic E-state index is 0. The molecule has 0 bridgehead atoms. The van der Waals surface area contributed by atoms with Gasteiger partial charge in [-0.3, -0.25) is 15.1 Å². The molecule has 0 aliphatic heterocycles. The molecule has 1 aromatic heterocycles. The Morgan fingerprint density at radius 1 is 1.27 bits per heavy atom. The summed E-state index contributed by atoms with van der Waals surface area (Å²) in [6.07, 6.45) is 1.65. The molecule has 0 saturated carbocycles. The molecule has 6 nitrogen and oxygen atoms in total.